The van der Waals surface area contributed by atoms with Crippen molar-refractivity contribution in [3.63, 3.8) is 0 Å². The van der Waals surface area contributed by atoms with Crippen molar-refractivity contribution in [1.29, 1.82) is 0 Å². The molecule has 2 N–H and O–H groups in total. The summed E-state index contributed by atoms with van der Waals surface area (Å²) in [6.45, 7) is 0.0895. The van der Waals surface area contributed by atoms with Crippen molar-refractivity contribution in [3.05, 3.63) is 24.1 Å². The van der Waals surface area contributed by atoms with Crippen LogP contribution < -0.4 is 5.73 Å². The van der Waals surface area contributed by atoms with Crippen molar-refractivity contribution in [3.8, 4) is 0 Å². The van der Waals surface area contributed by atoms with Gasteiger partial charge in [-0.15, -0.1) is 0 Å². The number of nitrogens with two attached hydrogens (primary N) is 1. The summed E-state index contributed by atoms with van der Waals surface area (Å²) in [6.07, 6.45) is 0.540. The maximum atomic E-state index is 11.5. The van der Waals surface area contributed by atoms with E-state index in [1.165, 1.54) is 4.90 Å². The highest BCUT2D eigenvalue weighted by Gasteiger charge is 2.30. The fourth-order valence-electron chi connectivity index (χ4n) is 1.99. The predicted molar refractivity (Wildman–Crippen MR) is 63.2 cm³/mol. The monoisotopic (exact) mass is 245 g/mol. The van der Waals surface area contributed by atoms with Gasteiger partial charge in [0, 0.05) is 24.6 Å². The molecule has 0 atom stereocenters. The molecule has 18 heavy (non-hydrogen) atoms. The molecule has 0 aliphatic carbocycles. The Hall–Kier alpha value is -2.37. The zero-order chi connectivity index (χ0) is 12.7. The van der Waals surface area contributed by atoms with E-state index in [4.69, 9.17) is 10.2 Å². The maximum Gasteiger partial charge on any atom is 0.230 e. The molecule has 0 radical (unpaired) electrons. The molecule has 1 saturated heterocycles. The van der Waals surface area contributed by atoms with E-state index in [0.29, 0.717) is 22.7 Å². The van der Waals surface area contributed by atoms with E-state index in [1.807, 2.05) is 0 Å². The molecule has 0 spiro atoms. The Morgan fingerprint density at radius 3 is 2.72 bits per heavy atom. The highest BCUT2D eigenvalue weighted by Crippen LogP contribution is 2.21. The predicted octanol–water partition coefficient (Wildman–Crippen LogP) is 1.06. The molecule has 1 aromatic carbocycles. The molecule has 6 nitrogen and oxygen atoms in total. The van der Waals surface area contributed by atoms with Gasteiger partial charge in [-0.2, -0.15) is 0 Å². The minimum atomic E-state index is -0.179. The second kappa shape index (κ2) is 3.83. The van der Waals surface area contributed by atoms with Gasteiger partial charge < -0.3 is 10.2 Å². The molecule has 3 rings (SSSR count). The number of imide groups is 1. The Morgan fingerprint density at radius 2 is 2.00 bits per heavy atom. The number of benzene rings is 1. The minimum Gasteiger partial charge on any atom is -0.439 e. The molecule has 1 fully saturated rings. The Kier molecular flexibility index (Phi) is 2.29. The van der Waals surface area contributed by atoms with E-state index in [1.54, 1.807) is 18.2 Å². The van der Waals surface area contributed by atoms with Gasteiger partial charge in [0.2, 0.25) is 17.7 Å². The summed E-state index contributed by atoms with van der Waals surface area (Å²) in [6, 6.07) is 5.13. The number of nitrogen functional groups attached to an aromatic ring is 1. The average molecular weight is 245 g/mol. The van der Waals surface area contributed by atoms with E-state index in [0.717, 1.165) is 0 Å². The molecule has 0 bridgehead atoms. The van der Waals surface area contributed by atoms with Crippen molar-refractivity contribution < 1.29 is 14.0 Å². The van der Waals surface area contributed by atoms with Gasteiger partial charge in [0.25, 0.3) is 0 Å². The summed E-state index contributed by atoms with van der Waals surface area (Å²) in [5.74, 6) is -0.0114. The van der Waals surface area contributed by atoms with Crippen LogP contribution in [0.1, 0.15) is 18.7 Å². The molecule has 1 aliphatic rings. The zero-order valence-corrected chi connectivity index (χ0v) is 9.55. The van der Waals surface area contributed by atoms with Crippen molar-refractivity contribution in [2.75, 3.05) is 5.73 Å². The van der Waals surface area contributed by atoms with E-state index < -0.39 is 0 Å². The molecular weight excluding hydrogens is 234 g/mol. The first-order valence-electron chi connectivity index (χ1n) is 5.61. The molecular formula is C12H11N3O3. The number of carbonyl (C=O) groups excluding carboxylic acids is 2. The molecule has 1 aromatic heterocycles. The number of hydrogen-bond acceptors (Lipinski definition) is 5. The Labute approximate surface area is 102 Å². The minimum absolute atomic E-state index is 0.0895. The quantitative estimate of drug-likeness (QED) is 0.631. The number of rotatable bonds is 2. The van der Waals surface area contributed by atoms with Crippen molar-refractivity contribution in [2.24, 2.45) is 0 Å². The molecule has 1 aliphatic heterocycles. The van der Waals surface area contributed by atoms with Crippen molar-refractivity contribution >= 4 is 28.6 Å². The standard InChI is InChI=1S/C12H11N3O3/c13-7-1-2-8-9(5-7)18-10(14-8)6-15-11(16)3-4-12(15)17/h1-2,5H,3-4,6,13H2. The topological polar surface area (TPSA) is 89.4 Å². The third-order valence-corrected chi connectivity index (χ3v) is 2.90. The molecule has 2 amide bonds. The number of carbonyl (C=O) groups is 2. The SMILES string of the molecule is Nc1ccc2nc(CN3C(=O)CCC3=O)oc2c1. The zero-order valence-electron chi connectivity index (χ0n) is 9.55. The lowest BCUT2D eigenvalue weighted by atomic mass is 10.3. The molecule has 2 aromatic rings. The molecule has 0 unspecified atom stereocenters. The van der Waals surface area contributed by atoms with Crippen LogP contribution in [0.25, 0.3) is 11.1 Å². The Morgan fingerprint density at radius 1 is 1.28 bits per heavy atom. The second-order valence-corrected chi connectivity index (χ2v) is 4.21. The van der Waals surface area contributed by atoms with Gasteiger partial charge >= 0.3 is 0 Å². The lowest BCUT2D eigenvalue weighted by Gasteiger charge is -2.09. The molecule has 6 heteroatoms. The smallest absolute Gasteiger partial charge is 0.230 e. The van der Waals surface area contributed by atoms with E-state index in [9.17, 15) is 9.59 Å². The van der Waals surface area contributed by atoms with Crippen LogP contribution in [0.15, 0.2) is 22.6 Å². The fourth-order valence-corrected chi connectivity index (χ4v) is 1.99. The number of aromatic nitrogens is 1. The van der Waals surface area contributed by atoms with Crippen molar-refractivity contribution in [1.82, 2.24) is 9.88 Å². The fraction of sp³-hybridized carbons (Fsp3) is 0.250. The summed E-state index contributed by atoms with van der Waals surface area (Å²) in [7, 11) is 0. The van der Waals surface area contributed by atoms with Gasteiger partial charge in [0.1, 0.15) is 12.1 Å². The van der Waals surface area contributed by atoms with Gasteiger partial charge in [-0.3, -0.25) is 14.5 Å². The summed E-state index contributed by atoms with van der Waals surface area (Å²) in [5.41, 5.74) is 7.44. The summed E-state index contributed by atoms with van der Waals surface area (Å²) in [4.78, 5) is 28.3. The van der Waals surface area contributed by atoms with Crippen LogP contribution in [0.2, 0.25) is 0 Å². The number of fused-ring (bicyclic) bond motifs is 1. The summed E-state index contributed by atoms with van der Waals surface area (Å²) >= 11 is 0. The Balaban J connectivity index is 1.91. The largest absolute Gasteiger partial charge is 0.439 e. The maximum absolute atomic E-state index is 11.5. The highest BCUT2D eigenvalue weighted by molar-refractivity contribution is 6.01. The van der Waals surface area contributed by atoms with Crippen molar-refractivity contribution in [2.45, 2.75) is 19.4 Å². The normalized spacial score (nSPS) is 15.9. The van der Waals surface area contributed by atoms with Crippen LogP contribution >= 0.6 is 0 Å². The molecule has 2 heterocycles. The average Bonchev–Trinajstić information content (AvgIpc) is 2.86. The number of nitrogens with zero attached hydrogens (tertiary/aromatic N) is 2. The molecule has 92 valence electrons. The van der Waals surface area contributed by atoms with E-state index in [-0.39, 0.29) is 31.2 Å². The van der Waals surface area contributed by atoms with Crippen LogP contribution in [0.4, 0.5) is 5.69 Å². The van der Waals surface area contributed by atoms with Crippen LogP contribution in [-0.2, 0) is 16.1 Å². The van der Waals surface area contributed by atoms with Gasteiger partial charge in [-0.1, -0.05) is 0 Å². The third kappa shape index (κ3) is 1.71. The van der Waals surface area contributed by atoms with Crippen LogP contribution in [-0.4, -0.2) is 21.7 Å². The third-order valence-electron chi connectivity index (χ3n) is 2.90. The first kappa shape index (κ1) is 10.8. The van der Waals surface area contributed by atoms with Crippen LogP contribution in [0.5, 0.6) is 0 Å². The number of oxazole rings is 1. The number of likely N-dealkylation sites (tertiary alicyclic amines) is 1. The summed E-state index contributed by atoms with van der Waals surface area (Å²) < 4.78 is 5.47. The summed E-state index contributed by atoms with van der Waals surface area (Å²) in [5, 5.41) is 0. The van der Waals surface area contributed by atoms with Gasteiger partial charge in [0.05, 0.1) is 0 Å². The lowest BCUT2D eigenvalue weighted by molar-refractivity contribution is -0.139. The van der Waals surface area contributed by atoms with Gasteiger partial charge in [-0.25, -0.2) is 4.98 Å². The highest BCUT2D eigenvalue weighted by atomic mass is 16.3. The van der Waals surface area contributed by atoms with Gasteiger partial charge in [0.15, 0.2) is 5.58 Å². The second-order valence-electron chi connectivity index (χ2n) is 4.21. The lowest BCUT2D eigenvalue weighted by Crippen LogP contribution is -2.28. The number of amides is 2. The van der Waals surface area contributed by atoms with Crippen LogP contribution in [0.3, 0.4) is 0 Å². The van der Waals surface area contributed by atoms with E-state index >= 15 is 0 Å². The number of anilines is 1. The van der Waals surface area contributed by atoms with E-state index in [2.05, 4.69) is 4.98 Å². The molecule has 0 saturated carbocycles. The van der Waals surface area contributed by atoms with Crippen LogP contribution in [0, 0.1) is 0 Å². The number of hydrogen-bond donors (Lipinski definition) is 1. The first-order chi connectivity index (χ1) is 8.63. The Bertz CT molecular complexity index is 631. The first-order valence-corrected chi connectivity index (χ1v) is 5.61. The van der Waals surface area contributed by atoms with Gasteiger partial charge in [-0.05, 0) is 12.1 Å².